The number of aromatic nitrogens is 2. The Morgan fingerprint density at radius 2 is 2.17 bits per heavy atom. The summed E-state index contributed by atoms with van der Waals surface area (Å²) in [6.45, 7) is 4.48. The molecule has 3 atom stereocenters. The van der Waals surface area contributed by atoms with Crippen molar-refractivity contribution in [2.75, 3.05) is 20.2 Å². The van der Waals surface area contributed by atoms with Crippen molar-refractivity contribution in [3.05, 3.63) is 42.4 Å². The van der Waals surface area contributed by atoms with E-state index in [0.717, 1.165) is 36.2 Å². The van der Waals surface area contributed by atoms with Crippen LogP contribution >= 0.6 is 0 Å². The minimum atomic E-state index is 0.349. The molecule has 2 aliphatic carbocycles. The van der Waals surface area contributed by atoms with Crippen LogP contribution in [0.4, 0.5) is 0 Å². The first-order chi connectivity index (χ1) is 14.2. The van der Waals surface area contributed by atoms with Crippen LogP contribution in [0.1, 0.15) is 38.4 Å². The summed E-state index contributed by atoms with van der Waals surface area (Å²) in [4.78, 5) is 15.0. The van der Waals surface area contributed by atoms with Gasteiger partial charge in [-0.15, -0.1) is 0 Å². The molecule has 29 heavy (non-hydrogen) atoms. The van der Waals surface area contributed by atoms with Crippen molar-refractivity contribution in [2.45, 2.75) is 51.3 Å². The molecule has 6 heteroatoms. The predicted molar refractivity (Wildman–Crippen MR) is 115 cm³/mol. The molecule has 0 radical (unpaired) electrons. The lowest BCUT2D eigenvalue weighted by atomic mass is 9.46. The number of aliphatic imine (C=N–C) groups is 1. The van der Waals surface area contributed by atoms with Gasteiger partial charge in [0.25, 0.3) is 0 Å². The van der Waals surface area contributed by atoms with E-state index in [9.17, 15) is 0 Å². The summed E-state index contributed by atoms with van der Waals surface area (Å²) < 4.78 is 6.07. The van der Waals surface area contributed by atoms with Crippen LogP contribution in [0.25, 0.3) is 11.3 Å². The molecule has 0 amide bonds. The third kappa shape index (κ3) is 3.14. The predicted octanol–water partition coefficient (Wildman–Crippen LogP) is 3.43. The van der Waals surface area contributed by atoms with Gasteiger partial charge in [-0.1, -0.05) is 36.8 Å². The van der Waals surface area contributed by atoms with Crippen LogP contribution in [0, 0.1) is 11.3 Å². The van der Waals surface area contributed by atoms with E-state index in [1.165, 1.54) is 25.7 Å². The topological polar surface area (TPSA) is 65.5 Å². The highest BCUT2D eigenvalue weighted by atomic mass is 16.5. The summed E-state index contributed by atoms with van der Waals surface area (Å²) in [7, 11) is 2.10. The number of imidazole rings is 1. The van der Waals surface area contributed by atoms with Crippen molar-refractivity contribution in [3.8, 4) is 11.3 Å². The van der Waals surface area contributed by atoms with Crippen molar-refractivity contribution in [1.29, 1.82) is 0 Å². The molecule has 1 spiro atoms. The van der Waals surface area contributed by atoms with Gasteiger partial charge in [0, 0.05) is 37.6 Å². The fraction of sp³-hybridized carbons (Fsp3) is 0.565. The lowest BCUT2D eigenvalue weighted by Crippen LogP contribution is -2.72. The molecular weight excluding hydrogens is 362 g/mol. The minimum absolute atomic E-state index is 0.349. The first-order valence-corrected chi connectivity index (χ1v) is 10.9. The molecule has 2 heterocycles. The van der Waals surface area contributed by atoms with E-state index < -0.39 is 0 Å². The molecule has 2 saturated carbocycles. The Morgan fingerprint density at radius 3 is 2.90 bits per heavy atom. The fourth-order valence-electron chi connectivity index (χ4n) is 5.53. The van der Waals surface area contributed by atoms with Gasteiger partial charge in [-0.05, 0) is 31.7 Å². The number of aromatic amines is 1. The Hall–Kier alpha value is -2.34. The third-order valence-corrected chi connectivity index (χ3v) is 7.09. The van der Waals surface area contributed by atoms with E-state index in [2.05, 4.69) is 46.3 Å². The Labute approximate surface area is 172 Å². The molecule has 1 saturated heterocycles. The molecule has 6 nitrogen and oxygen atoms in total. The summed E-state index contributed by atoms with van der Waals surface area (Å²) in [6.07, 6.45) is 7.46. The van der Waals surface area contributed by atoms with Crippen LogP contribution in [0.5, 0.6) is 0 Å². The molecule has 5 rings (SSSR count). The summed E-state index contributed by atoms with van der Waals surface area (Å²) in [6, 6.07) is 10.8. The van der Waals surface area contributed by atoms with E-state index in [0.29, 0.717) is 30.0 Å². The van der Waals surface area contributed by atoms with Crippen LogP contribution in [0.2, 0.25) is 0 Å². The largest absolute Gasteiger partial charge is 0.377 e. The summed E-state index contributed by atoms with van der Waals surface area (Å²) in [5.74, 6) is 2.57. The third-order valence-electron chi connectivity index (χ3n) is 7.09. The second-order valence-electron chi connectivity index (χ2n) is 8.72. The number of hydrogen-bond acceptors (Lipinski definition) is 3. The minimum Gasteiger partial charge on any atom is -0.377 e. The second-order valence-corrected chi connectivity index (χ2v) is 8.72. The number of nitrogens with zero attached hydrogens (tertiary/aromatic N) is 3. The van der Waals surface area contributed by atoms with E-state index >= 15 is 0 Å². The first-order valence-electron chi connectivity index (χ1n) is 10.9. The standard InChI is InChI=1S/C23H31N5O/c1-3-24-22(27-20-17-10-13-29-21(17)23(20)11-7-12-23)28(2)15-19-25-14-18(26-19)16-8-5-4-6-9-16/h4-6,8-9,14,17,20-21H,3,7,10-13,15H2,1-2H3,(H,24,27)(H,25,26). The Bertz CT molecular complexity index is 872. The van der Waals surface area contributed by atoms with Crippen LogP contribution < -0.4 is 5.32 Å². The maximum Gasteiger partial charge on any atom is 0.194 e. The Balaban J connectivity index is 1.28. The van der Waals surface area contributed by atoms with Crippen molar-refractivity contribution >= 4 is 5.96 Å². The SMILES string of the molecule is CCN=C(NC1C2CCOC2C12CCC2)N(C)Cc1ncc(-c2ccccc2)[nH]1. The number of H-pyrrole nitrogens is 1. The normalized spacial score (nSPS) is 27.2. The average molecular weight is 394 g/mol. The molecular formula is C23H31N5O. The van der Waals surface area contributed by atoms with Crippen LogP contribution in [-0.2, 0) is 11.3 Å². The van der Waals surface area contributed by atoms with Gasteiger partial charge in [-0.3, -0.25) is 4.99 Å². The smallest absolute Gasteiger partial charge is 0.194 e. The molecule has 154 valence electrons. The number of ether oxygens (including phenoxy) is 1. The number of hydrogen-bond donors (Lipinski definition) is 2. The zero-order valence-corrected chi connectivity index (χ0v) is 17.4. The quantitative estimate of drug-likeness (QED) is 0.603. The first kappa shape index (κ1) is 18.7. The molecule has 2 aromatic rings. The lowest BCUT2D eigenvalue weighted by Gasteiger charge is -2.63. The number of rotatable bonds is 5. The van der Waals surface area contributed by atoms with Crippen molar-refractivity contribution in [1.82, 2.24) is 20.2 Å². The van der Waals surface area contributed by atoms with E-state index in [-0.39, 0.29) is 0 Å². The molecule has 0 bridgehead atoms. The molecule has 3 unspecified atom stereocenters. The molecule has 1 aliphatic heterocycles. The van der Waals surface area contributed by atoms with Crippen molar-refractivity contribution in [2.24, 2.45) is 16.3 Å². The summed E-state index contributed by atoms with van der Waals surface area (Å²) in [5.41, 5.74) is 2.55. The van der Waals surface area contributed by atoms with Crippen LogP contribution in [0.15, 0.2) is 41.5 Å². The second kappa shape index (κ2) is 7.48. The highest BCUT2D eigenvalue weighted by Gasteiger charge is 2.66. The van der Waals surface area contributed by atoms with Gasteiger partial charge in [0.2, 0.25) is 0 Å². The van der Waals surface area contributed by atoms with Crippen molar-refractivity contribution < 1.29 is 4.74 Å². The van der Waals surface area contributed by atoms with Crippen molar-refractivity contribution in [3.63, 3.8) is 0 Å². The van der Waals surface area contributed by atoms with Gasteiger partial charge in [0.05, 0.1) is 24.5 Å². The van der Waals surface area contributed by atoms with E-state index in [1.807, 2.05) is 24.4 Å². The van der Waals surface area contributed by atoms with Gasteiger partial charge in [-0.2, -0.15) is 0 Å². The molecule has 2 N–H and O–H groups in total. The maximum absolute atomic E-state index is 6.07. The van der Waals surface area contributed by atoms with Gasteiger partial charge in [0.15, 0.2) is 5.96 Å². The van der Waals surface area contributed by atoms with Gasteiger partial charge >= 0.3 is 0 Å². The van der Waals surface area contributed by atoms with Gasteiger partial charge in [0.1, 0.15) is 5.82 Å². The van der Waals surface area contributed by atoms with E-state index in [1.54, 1.807) is 0 Å². The van der Waals surface area contributed by atoms with Gasteiger partial charge < -0.3 is 19.9 Å². The fourth-order valence-corrected chi connectivity index (χ4v) is 5.53. The number of guanidine groups is 1. The number of fused-ring (bicyclic) bond motifs is 2. The zero-order chi connectivity index (χ0) is 19.8. The summed E-state index contributed by atoms with van der Waals surface area (Å²) >= 11 is 0. The van der Waals surface area contributed by atoms with E-state index in [4.69, 9.17) is 9.73 Å². The monoisotopic (exact) mass is 393 g/mol. The molecule has 1 aromatic carbocycles. The Kier molecular flexibility index (Phi) is 4.82. The maximum atomic E-state index is 6.07. The lowest BCUT2D eigenvalue weighted by molar-refractivity contribution is -0.171. The molecule has 1 aromatic heterocycles. The zero-order valence-electron chi connectivity index (χ0n) is 17.4. The summed E-state index contributed by atoms with van der Waals surface area (Å²) in [5, 5.41) is 3.83. The number of nitrogens with one attached hydrogen (secondary N) is 2. The molecule has 3 aliphatic rings. The van der Waals surface area contributed by atoms with Crippen LogP contribution in [0.3, 0.4) is 0 Å². The Morgan fingerprint density at radius 1 is 1.34 bits per heavy atom. The van der Waals surface area contributed by atoms with Crippen LogP contribution in [-0.4, -0.2) is 53.2 Å². The van der Waals surface area contributed by atoms with Gasteiger partial charge in [-0.25, -0.2) is 4.98 Å². The average Bonchev–Trinajstić information content (AvgIpc) is 3.33. The molecule has 3 fully saturated rings. The highest BCUT2D eigenvalue weighted by Crippen LogP contribution is 2.62. The highest BCUT2D eigenvalue weighted by molar-refractivity contribution is 5.80. The number of benzene rings is 1.